The van der Waals surface area contributed by atoms with E-state index in [2.05, 4.69) is 14.8 Å². The van der Waals surface area contributed by atoms with Gasteiger partial charge in [-0.2, -0.15) is 0 Å². The van der Waals surface area contributed by atoms with Crippen molar-refractivity contribution >= 4 is 5.97 Å². The van der Waals surface area contributed by atoms with E-state index in [1.807, 2.05) is 0 Å². The molecule has 102 valence electrons. The number of aliphatic carboxylic acids is 1. The second-order valence-corrected chi connectivity index (χ2v) is 6.65. The molecule has 0 amide bonds. The summed E-state index contributed by atoms with van der Waals surface area (Å²) in [7, 11) is 0. The van der Waals surface area contributed by atoms with Crippen LogP contribution in [0, 0.1) is 23.7 Å². The second kappa shape index (κ2) is 4.05. The van der Waals surface area contributed by atoms with Crippen LogP contribution in [0.15, 0.2) is 6.33 Å². The summed E-state index contributed by atoms with van der Waals surface area (Å²) >= 11 is 0. The number of rotatable bonds is 3. The monoisotopic (exact) mass is 261 g/mol. The maximum atomic E-state index is 10.9. The Bertz CT molecular complexity index is 483. The van der Waals surface area contributed by atoms with E-state index in [0.717, 1.165) is 23.7 Å². The molecular weight excluding hydrogens is 242 g/mol. The second-order valence-electron chi connectivity index (χ2n) is 6.65. The van der Waals surface area contributed by atoms with Crippen molar-refractivity contribution in [1.82, 2.24) is 14.8 Å². The van der Waals surface area contributed by atoms with Crippen LogP contribution in [0.2, 0.25) is 0 Å². The summed E-state index contributed by atoms with van der Waals surface area (Å²) in [5.41, 5.74) is 0. The number of nitrogens with zero attached hydrogens (tertiary/aromatic N) is 3. The van der Waals surface area contributed by atoms with Gasteiger partial charge in [0.2, 0.25) is 0 Å². The van der Waals surface area contributed by atoms with Crippen molar-refractivity contribution in [2.45, 2.75) is 44.6 Å². The lowest BCUT2D eigenvalue weighted by Crippen LogP contribution is -2.46. The quantitative estimate of drug-likeness (QED) is 0.902. The molecule has 0 aromatic carbocycles. The van der Waals surface area contributed by atoms with Crippen LogP contribution in [0.1, 0.15) is 44.0 Å². The van der Waals surface area contributed by atoms with E-state index < -0.39 is 5.97 Å². The highest BCUT2D eigenvalue weighted by molar-refractivity contribution is 5.69. The Morgan fingerprint density at radius 1 is 1.21 bits per heavy atom. The van der Waals surface area contributed by atoms with Crippen LogP contribution in [0.3, 0.4) is 0 Å². The van der Waals surface area contributed by atoms with Crippen LogP contribution in [0.25, 0.3) is 0 Å². The maximum absolute atomic E-state index is 10.9. The number of carbonyl (C=O) groups is 1. The molecule has 0 aliphatic heterocycles. The Balaban J connectivity index is 1.65. The molecule has 5 nitrogen and oxygen atoms in total. The largest absolute Gasteiger partial charge is 0.481 e. The first-order valence-corrected chi connectivity index (χ1v) is 7.31. The van der Waals surface area contributed by atoms with E-state index in [-0.39, 0.29) is 6.42 Å². The zero-order chi connectivity index (χ0) is 13.0. The molecule has 1 aromatic rings. The van der Waals surface area contributed by atoms with Gasteiger partial charge in [0.05, 0.1) is 0 Å². The predicted molar refractivity (Wildman–Crippen MR) is 67.4 cm³/mol. The minimum absolute atomic E-state index is 0.0111. The molecule has 0 saturated heterocycles. The van der Waals surface area contributed by atoms with E-state index >= 15 is 0 Å². The Labute approximate surface area is 112 Å². The molecule has 0 atom stereocenters. The summed E-state index contributed by atoms with van der Waals surface area (Å²) < 4.78 is 2.08. The summed E-state index contributed by atoms with van der Waals surface area (Å²) in [6.45, 7) is 0. The number of carboxylic acids is 1. The first kappa shape index (κ1) is 11.4. The molecule has 4 saturated carbocycles. The normalized spacial score (nSPS) is 39.7. The average molecular weight is 261 g/mol. The standard InChI is InChI=1S/C14H19N3O2/c18-13(19)6-12-16-15-7-17(12)14-10-2-8-1-9(4-10)5-11(14)3-8/h7-11,14H,1-6H2,(H,18,19). The van der Waals surface area contributed by atoms with E-state index in [9.17, 15) is 4.79 Å². The van der Waals surface area contributed by atoms with Crippen molar-refractivity contribution in [2.75, 3.05) is 0 Å². The van der Waals surface area contributed by atoms with Gasteiger partial charge in [0.25, 0.3) is 0 Å². The molecule has 0 unspecified atom stereocenters. The Kier molecular flexibility index (Phi) is 2.44. The molecule has 19 heavy (non-hydrogen) atoms. The highest BCUT2D eigenvalue weighted by Crippen LogP contribution is 2.58. The van der Waals surface area contributed by atoms with E-state index in [1.54, 1.807) is 6.33 Å². The lowest BCUT2D eigenvalue weighted by Gasteiger charge is -2.54. The summed E-state index contributed by atoms with van der Waals surface area (Å²) in [5, 5.41) is 17.0. The Hall–Kier alpha value is -1.39. The summed E-state index contributed by atoms with van der Waals surface area (Å²) in [6, 6.07) is 0.456. The molecular formula is C14H19N3O2. The fourth-order valence-electron chi connectivity index (χ4n) is 5.13. The first-order chi connectivity index (χ1) is 9.20. The Morgan fingerprint density at radius 2 is 1.84 bits per heavy atom. The number of carboxylic acid groups (broad SMARTS) is 1. The first-order valence-electron chi connectivity index (χ1n) is 7.31. The van der Waals surface area contributed by atoms with Gasteiger partial charge in [0.1, 0.15) is 18.6 Å². The average Bonchev–Trinajstić information content (AvgIpc) is 2.75. The lowest BCUT2D eigenvalue weighted by atomic mass is 9.54. The number of hydrogen-bond donors (Lipinski definition) is 1. The highest BCUT2D eigenvalue weighted by Gasteiger charge is 2.49. The Morgan fingerprint density at radius 3 is 2.42 bits per heavy atom. The molecule has 4 aliphatic carbocycles. The van der Waals surface area contributed by atoms with E-state index in [0.29, 0.717) is 11.9 Å². The molecule has 4 aliphatic rings. The minimum Gasteiger partial charge on any atom is -0.481 e. The van der Waals surface area contributed by atoms with Crippen molar-refractivity contribution in [1.29, 1.82) is 0 Å². The van der Waals surface area contributed by atoms with Crippen molar-refractivity contribution in [3.63, 3.8) is 0 Å². The fraction of sp³-hybridized carbons (Fsp3) is 0.786. The molecule has 1 heterocycles. The van der Waals surface area contributed by atoms with Gasteiger partial charge in [-0.3, -0.25) is 4.79 Å². The zero-order valence-electron chi connectivity index (χ0n) is 10.9. The summed E-state index contributed by atoms with van der Waals surface area (Å²) in [4.78, 5) is 10.9. The van der Waals surface area contributed by atoms with Gasteiger partial charge in [-0.05, 0) is 55.8 Å². The third-order valence-electron chi connectivity index (χ3n) is 5.45. The third-order valence-corrected chi connectivity index (χ3v) is 5.45. The van der Waals surface area contributed by atoms with Crippen LogP contribution < -0.4 is 0 Å². The lowest BCUT2D eigenvalue weighted by molar-refractivity contribution is -0.136. The number of hydrogen-bond acceptors (Lipinski definition) is 3. The molecule has 5 rings (SSSR count). The van der Waals surface area contributed by atoms with Crippen molar-refractivity contribution < 1.29 is 9.90 Å². The molecule has 1 N–H and O–H groups in total. The van der Waals surface area contributed by atoms with E-state index in [1.165, 1.54) is 32.1 Å². The molecule has 4 fully saturated rings. The SMILES string of the molecule is O=C(O)Cc1nncn1C1C2CC3CC(C2)CC1C3. The van der Waals surface area contributed by atoms with Crippen LogP contribution in [0.4, 0.5) is 0 Å². The fourth-order valence-corrected chi connectivity index (χ4v) is 5.13. The minimum atomic E-state index is -0.821. The van der Waals surface area contributed by atoms with E-state index in [4.69, 9.17) is 5.11 Å². The summed E-state index contributed by atoms with van der Waals surface area (Å²) in [5.74, 6) is 3.11. The van der Waals surface area contributed by atoms with Gasteiger partial charge < -0.3 is 9.67 Å². The molecule has 1 aromatic heterocycles. The van der Waals surface area contributed by atoms with Gasteiger partial charge in [0.15, 0.2) is 0 Å². The van der Waals surface area contributed by atoms with Crippen molar-refractivity contribution in [3.8, 4) is 0 Å². The maximum Gasteiger partial charge on any atom is 0.311 e. The predicted octanol–water partition coefficient (Wildman–Crippen LogP) is 1.90. The topological polar surface area (TPSA) is 68.0 Å². The molecule has 0 radical (unpaired) electrons. The zero-order valence-corrected chi connectivity index (χ0v) is 10.9. The molecule has 5 heteroatoms. The van der Waals surface area contributed by atoms with Crippen molar-refractivity contribution in [2.24, 2.45) is 23.7 Å². The van der Waals surface area contributed by atoms with Crippen molar-refractivity contribution in [3.05, 3.63) is 12.2 Å². The van der Waals surface area contributed by atoms with Crippen LogP contribution in [-0.4, -0.2) is 25.8 Å². The van der Waals surface area contributed by atoms with Crippen LogP contribution in [0.5, 0.6) is 0 Å². The summed E-state index contributed by atoms with van der Waals surface area (Å²) in [6.07, 6.45) is 8.47. The van der Waals surface area contributed by atoms with Gasteiger partial charge in [0, 0.05) is 6.04 Å². The highest BCUT2D eigenvalue weighted by atomic mass is 16.4. The third kappa shape index (κ3) is 1.78. The van der Waals surface area contributed by atoms with Gasteiger partial charge >= 0.3 is 5.97 Å². The van der Waals surface area contributed by atoms with Crippen LogP contribution >= 0.6 is 0 Å². The van der Waals surface area contributed by atoms with Gasteiger partial charge in [-0.15, -0.1) is 10.2 Å². The van der Waals surface area contributed by atoms with Crippen LogP contribution in [-0.2, 0) is 11.2 Å². The smallest absolute Gasteiger partial charge is 0.311 e. The molecule has 4 bridgehead atoms. The van der Waals surface area contributed by atoms with Gasteiger partial charge in [-0.1, -0.05) is 0 Å². The molecule has 0 spiro atoms. The number of aromatic nitrogens is 3. The van der Waals surface area contributed by atoms with Gasteiger partial charge in [-0.25, -0.2) is 0 Å².